The van der Waals surface area contributed by atoms with Gasteiger partial charge >= 0.3 is 0 Å². The molecule has 0 radical (unpaired) electrons. The molecule has 0 bridgehead atoms. The number of furan rings is 1. The molecular formula is C13H20BrNO3S. The largest absolute Gasteiger partial charge is 0.457 e. The highest BCUT2D eigenvalue weighted by Crippen LogP contribution is 2.39. The Morgan fingerprint density at radius 3 is 2.74 bits per heavy atom. The third-order valence-corrected chi connectivity index (χ3v) is 6.32. The van der Waals surface area contributed by atoms with Gasteiger partial charge in [0.25, 0.3) is 0 Å². The summed E-state index contributed by atoms with van der Waals surface area (Å²) in [5, 5.41) is 3.10. The Balaban J connectivity index is 2.18. The standard InChI is InChI=1S/C13H20BrNO3S/c1-15-12(11-6-7-18-13(11)14)9-4-3-5-10(8-9)19(2,16)17/h6-7,9-10,12,15H,3-5,8H2,1-2H3. The molecule has 1 saturated carbocycles. The number of sulfone groups is 1. The molecule has 1 N–H and O–H groups in total. The van der Waals surface area contributed by atoms with Gasteiger partial charge < -0.3 is 9.73 Å². The first kappa shape index (κ1) is 15.1. The van der Waals surface area contributed by atoms with Crippen LogP contribution in [0.3, 0.4) is 0 Å². The summed E-state index contributed by atoms with van der Waals surface area (Å²) in [6.07, 6.45) is 6.54. The minimum absolute atomic E-state index is 0.137. The second-order valence-electron chi connectivity index (χ2n) is 5.29. The zero-order valence-electron chi connectivity index (χ0n) is 11.2. The molecule has 3 unspecified atom stereocenters. The van der Waals surface area contributed by atoms with Crippen molar-refractivity contribution in [3.63, 3.8) is 0 Å². The normalized spacial score (nSPS) is 26.3. The van der Waals surface area contributed by atoms with E-state index in [0.29, 0.717) is 5.92 Å². The minimum atomic E-state index is -2.94. The molecule has 0 aromatic carbocycles. The van der Waals surface area contributed by atoms with E-state index < -0.39 is 9.84 Å². The lowest BCUT2D eigenvalue weighted by molar-refractivity contribution is 0.280. The van der Waals surface area contributed by atoms with Crippen molar-refractivity contribution in [3.05, 3.63) is 22.6 Å². The molecular weight excluding hydrogens is 330 g/mol. The molecule has 4 nitrogen and oxygen atoms in total. The maximum absolute atomic E-state index is 11.7. The van der Waals surface area contributed by atoms with Gasteiger partial charge in [0.1, 0.15) is 9.84 Å². The first-order valence-electron chi connectivity index (χ1n) is 6.52. The molecule has 3 atom stereocenters. The minimum Gasteiger partial charge on any atom is -0.457 e. The Kier molecular flexibility index (Phi) is 4.74. The Morgan fingerprint density at radius 1 is 1.47 bits per heavy atom. The topological polar surface area (TPSA) is 59.3 Å². The zero-order valence-corrected chi connectivity index (χ0v) is 13.6. The number of halogens is 1. The van der Waals surface area contributed by atoms with Crippen molar-refractivity contribution in [2.45, 2.75) is 37.0 Å². The summed E-state index contributed by atoms with van der Waals surface area (Å²) in [6, 6.07) is 2.08. The molecule has 0 amide bonds. The van der Waals surface area contributed by atoms with Crippen molar-refractivity contribution in [1.82, 2.24) is 5.32 Å². The molecule has 6 heteroatoms. The van der Waals surface area contributed by atoms with Crippen LogP contribution in [-0.4, -0.2) is 27.0 Å². The summed E-state index contributed by atoms with van der Waals surface area (Å²) in [5.41, 5.74) is 1.07. The Bertz CT molecular complexity index is 526. The number of hydrogen-bond donors (Lipinski definition) is 1. The van der Waals surface area contributed by atoms with E-state index in [1.165, 1.54) is 6.26 Å². The lowest BCUT2D eigenvalue weighted by Crippen LogP contribution is -2.34. The zero-order chi connectivity index (χ0) is 14.0. The van der Waals surface area contributed by atoms with Crippen LogP contribution in [0.15, 0.2) is 21.4 Å². The fourth-order valence-electron chi connectivity index (χ4n) is 3.04. The molecule has 108 valence electrons. The molecule has 0 saturated heterocycles. The maximum atomic E-state index is 11.7. The highest BCUT2D eigenvalue weighted by atomic mass is 79.9. The van der Waals surface area contributed by atoms with E-state index in [1.807, 2.05) is 13.1 Å². The first-order valence-corrected chi connectivity index (χ1v) is 9.27. The van der Waals surface area contributed by atoms with Crippen LogP contribution >= 0.6 is 15.9 Å². The van der Waals surface area contributed by atoms with Crippen LogP contribution in [0.1, 0.15) is 37.3 Å². The lowest BCUT2D eigenvalue weighted by Gasteiger charge is -2.33. The van der Waals surface area contributed by atoms with Crippen molar-refractivity contribution >= 4 is 25.8 Å². The highest BCUT2D eigenvalue weighted by Gasteiger charge is 2.34. The van der Waals surface area contributed by atoms with E-state index >= 15 is 0 Å². The average molecular weight is 350 g/mol. The SMILES string of the molecule is CNC(c1ccoc1Br)C1CCCC(S(C)(=O)=O)C1. The van der Waals surface area contributed by atoms with Crippen LogP contribution in [-0.2, 0) is 9.84 Å². The molecule has 1 aromatic rings. The number of hydrogen-bond acceptors (Lipinski definition) is 4. The van der Waals surface area contributed by atoms with Crippen LogP contribution in [0.4, 0.5) is 0 Å². The molecule has 0 aliphatic heterocycles. The Labute approximate surface area is 123 Å². The summed E-state index contributed by atoms with van der Waals surface area (Å²) in [4.78, 5) is 0. The number of rotatable bonds is 4. The van der Waals surface area contributed by atoms with E-state index in [9.17, 15) is 8.42 Å². The fraction of sp³-hybridized carbons (Fsp3) is 0.692. The predicted octanol–water partition coefficient (Wildman–Crippen LogP) is 2.91. The average Bonchev–Trinajstić information content (AvgIpc) is 2.76. The van der Waals surface area contributed by atoms with Crippen molar-refractivity contribution in [1.29, 1.82) is 0 Å². The Morgan fingerprint density at radius 2 is 2.21 bits per heavy atom. The van der Waals surface area contributed by atoms with E-state index in [1.54, 1.807) is 6.26 Å². The van der Waals surface area contributed by atoms with Crippen LogP contribution < -0.4 is 5.32 Å². The number of nitrogens with one attached hydrogen (secondary N) is 1. The first-order chi connectivity index (χ1) is 8.93. The van der Waals surface area contributed by atoms with Gasteiger partial charge in [-0.25, -0.2) is 8.42 Å². The molecule has 1 aromatic heterocycles. The quantitative estimate of drug-likeness (QED) is 0.907. The van der Waals surface area contributed by atoms with Crippen molar-refractivity contribution in [3.8, 4) is 0 Å². The Hall–Kier alpha value is -0.330. The van der Waals surface area contributed by atoms with Gasteiger partial charge in [0.05, 0.1) is 11.5 Å². The van der Waals surface area contributed by atoms with Gasteiger partial charge in [-0.15, -0.1) is 0 Å². The maximum Gasteiger partial charge on any atom is 0.173 e. The van der Waals surface area contributed by atoms with E-state index in [4.69, 9.17) is 4.42 Å². The molecule has 19 heavy (non-hydrogen) atoms. The third kappa shape index (κ3) is 3.41. The van der Waals surface area contributed by atoms with Gasteiger partial charge in [-0.1, -0.05) is 6.42 Å². The molecule has 0 spiro atoms. The van der Waals surface area contributed by atoms with E-state index in [0.717, 1.165) is 35.9 Å². The van der Waals surface area contributed by atoms with Gasteiger partial charge in [-0.3, -0.25) is 0 Å². The van der Waals surface area contributed by atoms with Crippen molar-refractivity contribution < 1.29 is 12.8 Å². The molecule has 1 fully saturated rings. The van der Waals surface area contributed by atoms with Crippen LogP contribution in [0.5, 0.6) is 0 Å². The summed E-state index contributed by atoms with van der Waals surface area (Å²) >= 11 is 3.40. The van der Waals surface area contributed by atoms with Crippen molar-refractivity contribution in [2.24, 2.45) is 5.92 Å². The molecule has 1 aliphatic carbocycles. The van der Waals surface area contributed by atoms with E-state index in [-0.39, 0.29) is 11.3 Å². The summed E-state index contributed by atoms with van der Waals surface area (Å²) < 4.78 is 29.5. The van der Waals surface area contributed by atoms with Crippen LogP contribution in [0.2, 0.25) is 0 Å². The smallest absolute Gasteiger partial charge is 0.173 e. The monoisotopic (exact) mass is 349 g/mol. The van der Waals surface area contributed by atoms with Gasteiger partial charge in [0.2, 0.25) is 0 Å². The second kappa shape index (κ2) is 5.97. The van der Waals surface area contributed by atoms with Gasteiger partial charge in [-0.05, 0) is 54.2 Å². The molecule has 2 rings (SSSR count). The molecule has 1 aliphatic rings. The highest BCUT2D eigenvalue weighted by molar-refractivity contribution is 9.10. The predicted molar refractivity (Wildman–Crippen MR) is 78.8 cm³/mol. The fourth-order valence-corrected chi connectivity index (χ4v) is 4.72. The van der Waals surface area contributed by atoms with Gasteiger partial charge in [0, 0.05) is 17.9 Å². The lowest BCUT2D eigenvalue weighted by atomic mass is 9.81. The summed E-state index contributed by atoms with van der Waals surface area (Å²) in [7, 11) is -1.03. The summed E-state index contributed by atoms with van der Waals surface area (Å²) in [5.74, 6) is 0.326. The third-order valence-electron chi connectivity index (χ3n) is 4.04. The van der Waals surface area contributed by atoms with Gasteiger partial charge in [-0.2, -0.15) is 0 Å². The summed E-state index contributed by atoms with van der Waals surface area (Å²) in [6.45, 7) is 0. The second-order valence-corrected chi connectivity index (χ2v) is 8.34. The van der Waals surface area contributed by atoms with Crippen LogP contribution in [0, 0.1) is 5.92 Å². The molecule has 1 heterocycles. The van der Waals surface area contributed by atoms with Gasteiger partial charge in [0.15, 0.2) is 4.67 Å². The van der Waals surface area contributed by atoms with E-state index in [2.05, 4.69) is 21.2 Å². The van der Waals surface area contributed by atoms with Crippen LogP contribution in [0.25, 0.3) is 0 Å². The van der Waals surface area contributed by atoms with Crippen molar-refractivity contribution in [2.75, 3.05) is 13.3 Å².